The summed E-state index contributed by atoms with van der Waals surface area (Å²) in [6.45, 7) is 6.84. The Labute approximate surface area is 127 Å². The first-order valence-electron chi connectivity index (χ1n) is 6.68. The molecule has 1 aromatic carbocycles. The van der Waals surface area contributed by atoms with E-state index in [1.807, 2.05) is 0 Å². The number of rotatable bonds is 2. The van der Waals surface area contributed by atoms with Crippen LogP contribution in [0.15, 0.2) is 21.1 Å². The van der Waals surface area contributed by atoms with Gasteiger partial charge in [-0.3, -0.25) is 0 Å². The second-order valence-electron chi connectivity index (χ2n) is 5.86. The van der Waals surface area contributed by atoms with Crippen molar-refractivity contribution < 1.29 is 0 Å². The smallest absolute Gasteiger partial charge is 0.0631 e. The van der Waals surface area contributed by atoms with Gasteiger partial charge >= 0.3 is 0 Å². The summed E-state index contributed by atoms with van der Waals surface area (Å²) in [5.74, 6) is 1.66. The van der Waals surface area contributed by atoms with Crippen LogP contribution in [0.2, 0.25) is 0 Å². The van der Waals surface area contributed by atoms with Crippen LogP contribution >= 0.6 is 31.9 Å². The highest BCUT2D eigenvalue weighted by atomic mass is 79.9. The van der Waals surface area contributed by atoms with Crippen molar-refractivity contribution in [1.29, 1.82) is 0 Å². The third-order valence-electron chi connectivity index (χ3n) is 3.71. The Morgan fingerprint density at radius 1 is 1.00 bits per heavy atom. The van der Waals surface area contributed by atoms with E-state index in [1.165, 1.54) is 30.5 Å². The number of nitrogens with one attached hydrogen (secondary N) is 1. The Balaban J connectivity index is 2.14. The van der Waals surface area contributed by atoms with Crippen LogP contribution in [0.3, 0.4) is 0 Å². The minimum atomic E-state index is 0.596. The predicted octanol–water partition coefficient (Wildman–Crippen LogP) is 5.76. The fraction of sp³-hybridized carbons (Fsp3) is 0.600. The van der Waals surface area contributed by atoms with Crippen LogP contribution in [0.5, 0.6) is 0 Å². The Morgan fingerprint density at radius 3 is 2.00 bits per heavy atom. The van der Waals surface area contributed by atoms with Gasteiger partial charge in [0.05, 0.1) is 5.69 Å². The van der Waals surface area contributed by atoms with Gasteiger partial charge in [-0.25, -0.2) is 0 Å². The summed E-state index contributed by atoms with van der Waals surface area (Å²) >= 11 is 7.32. The highest BCUT2D eigenvalue weighted by molar-refractivity contribution is 9.11. The lowest BCUT2D eigenvalue weighted by Crippen LogP contribution is -2.30. The maximum atomic E-state index is 3.71. The van der Waals surface area contributed by atoms with E-state index in [9.17, 15) is 0 Å². The number of hydrogen-bond donors (Lipinski definition) is 1. The molecule has 0 spiro atoms. The van der Waals surface area contributed by atoms with E-state index in [2.05, 4.69) is 70.1 Å². The lowest BCUT2D eigenvalue weighted by atomic mass is 9.80. The van der Waals surface area contributed by atoms with Gasteiger partial charge in [-0.1, -0.05) is 13.8 Å². The Morgan fingerprint density at radius 2 is 1.50 bits per heavy atom. The fourth-order valence-corrected chi connectivity index (χ4v) is 4.75. The van der Waals surface area contributed by atoms with Crippen molar-refractivity contribution in [2.75, 3.05) is 5.32 Å². The molecule has 1 aliphatic rings. The summed E-state index contributed by atoms with van der Waals surface area (Å²) in [5.41, 5.74) is 2.47. The summed E-state index contributed by atoms with van der Waals surface area (Å²) in [6.07, 6.45) is 3.92. The van der Waals surface area contributed by atoms with Crippen molar-refractivity contribution in [2.45, 2.75) is 46.1 Å². The quantitative estimate of drug-likeness (QED) is 0.694. The Hall–Kier alpha value is -0.0200. The zero-order chi connectivity index (χ0) is 13.3. The molecule has 0 amide bonds. The molecular weight excluding hydrogens is 354 g/mol. The summed E-state index contributed by atoms with van der Waals surface area (Å²) in [5, 5.41) is 3.71. The maximum Gasteiger partial charge on any atom is 0.0631 e. The van der Waals surface area contributed by atoms with Gasteiger partial charge in [0, 0.05) is 15.0 Å². The highest BCUT2D eigenvalue weighted by Crippen LogP contribution is 2.36. The van der Waals surface area contributed by atoms with Crippen LogP contribution in [-0.4, -0.2) is 6.04 Å². The molecule has 0 aliphatic heterocycles. The van der Waals surface area contributed by atoms with E-state index >= 15 is 0 Å². The van der Waals surface area contributed by atoms with Crippen molar-refractivity contribution in [3.8, 4) is 0 Å². The Bertz CT molecular complexity index is 397. The molecular formula is C15H21Br2N. The number of hydrogen-bond acceptors (Lipinski definition) is 1. The van der Waals surface area contributed by atoms with Gasteiger partial charge in [-0.15, -0.1) is 0 Å². The van der Waals surface area contributed by atoms with Gasteiger partial charge in [0.2, 0.25) is 0 Å². The summed E-state index contributed by atoms with van der Waals surface area (Å²) < 4.78 is 2.31. The summed E-state index contributed by atoms with van der Waals surface area (Å²) in [6, 6.07) is 4.94. The number of aryl methyl sites for hydroxylation is 1. The minimum Gasteiger partial charge on any atom is -0.380 e. The summed E-state index contributed by atoms with van der Waals surface area (Å²) in [4.78, 5) is 0. The predicted molar refractivity (Wildman–Crippen MR) is 86.2 cm³/mol. The van der Waals surface area contributed by atoms with Gasteiger partial charge in [0.25, 0.3) is 0 Å². The monoisotopic (exact) mass is 373 g/mol. The van der Waals surface area contributed by atoms with E-state index in [0.29, 0.717) is 6.04 Å². The maximum absolute atomic E-state index is 3.71. The van der Waals surface area contributed by atoms with E-state index in [1.54, 1.807) is 0 Å². The average Bonchev–Trinajstić information content (AvgIpc) is 2.22. The van der Waals surface area contributed by atoms with E-state index < -0.39 is 0 Å². The van der Waals surface area contributed by atoms with Crippen LogP contribution in [0.1, 0.15) is 38.7 Å². The second kappa shape index (κ2) is 5.96. The van der Waals surface area contributed by atoms with Crippen molar-refractivity contribution in [3.05, 3.63) is 26.6 Å². The van der Waals surface area contributed by atoms with Gasteiger partial charge in [0.15, 0.2) is 0 Å². The first kappa shape index (κ1) is 14.4. The largest absolute Gasteiger partial charge is 0.380 e. The van der Waals surface area contributed by atoms with Gasteiger partial charge in [-0.2, -0.15) is 0 Å². The lowest BCUT2D eigenvalue weighted by Gasteiger charge is -2.33. The molecule has 2 atom stereocenters. The molecule has 1 nitrogen and oxygen atoms in total. The molecule has 18 heavy (non-hydrogen) atoms. The normalized spacial score (nSPS) is 28.2. The topological polar surface area (TPSA) is 12.0 Å². The molecule has 1 fully saturated rings. The first-order valence-corrected chi connectivity index (χ1v) is 8.26. The molecule has 1 aromatic rings. The molecule has 1 N–H and O–H groups in total. The third kappa shape index (κ3) is 3.51. The van der Waals surface area contributed by atoms with Crippen LogP contribution in [0, 0.1) is 18.8 Å². The summed E-state index contributed by atoms with van der Waals surface area (Å²) in [7, 11) is 0. The van der Waals surface area contributed by atoms with E-state index in [4.69, 9.17) is 0 Å². The molecule has 3 heteroatoms. The molecule has 100 valence electrons. The van der Waals surface area contributed by atoms with Gasteiger partial charge < -0.3 is 5.32 Å². The molecule has 1 saturated carbocycles. The molecule has 2 unspecified atom stereocenters. The molecule has 1 aliphatic carbocycles. The Kier molecular flexibility index (Phi) is 4.76. The minimum absolute atomic E-state index is 0.596. The first-order chi connectivity index (χ1) is 8.45. The van der Waals surface area contributed by atoms with Crippen molar-refractivity contribution in [3.63, 3.8) is 0 Å². The van der Waals surface area contributed by atoms with Crippen molar-refractivity contribution in [2.24, 2.45) is 11.8 Å². The molecule has 2 rings (SSSR count). The highest BCUT2D eigenvalue weighted by Gasteiger charge is 2.24. The van der Waals surface area contributed by atoms with Crippen molar-refractivity contribution in [1.82, 2.24) is 0 Å². The zero-order valence-electron chi connectivity index (χ0n) is 11.3. The van der Waals surface area contributed by atoms with E-state index in [-0.39, 0.29) is 0 Å². The van der Waals surface area contributed by atoms with Crippen LogP contribution < -0.4 is 5.32 Å². The van der Waals surface area contributed by atoms with Crippen LogP contribution in [0.4, 0.5) is 5.69 Å². The molecule has 0 aromatic heterocycles. The number of halogens is 2. The van der Waals surface area contributed by atoms with Gasteiger partial charge in [0.1, 0.15) is 0 Å². The number of benzene rings is 1. The average molecular weight is 375 g/mol. The van der Waals surface area contributed by atoms with Crippen LogP contribution in [-0.2, 0) is 0 Å². The zero-order valence-corrected chi connectivity index (χ0v) is 14.4. The third-order valence-corrected chi connectivity index (χ3v) is 4.96. The standard InChI is InChI=1S/C15H21Br2N/c1-9-4-10(2)6-12(5-9)18-15-13(16)7-11(3)8-14(15)17/h7-10,12,18H,4-6H2,1-3H3. The lowest BCUT2D eigenvalue weighted by molar-refractivity contribution is 0.280. The second-order valence-corrected chi connectivity index (χ2v) is 7.57. The van der Waals surface area contributed by atoms with Crippen molar-refractivity contribution >= 4 is 37.5 Å². The van der Waals surface area contributed by atoms with E-state index in [0.717, 1.165) is 20.8 Å². The SMILES string of the molecule is Cc1cc(Br)c(NC2CC(C)CC(C)C2)c(Br)c1. The fourth-order valence-electron chi connectivity index (χ4n) is 3.11. The molecule has 0 heterocycles. The number of anilines is 1. The molecule has 0 saturated heterocycles. The molecule has 0 bridgehead atoms. The van der Waals surface area contributed by atoms with Crippen LogP contribution in [0.25, 0.3) is 0 Å². The van der Waals surface area contributed by atoms with Gasteiger partial charge in [-0.05, 0) is 87.6 Å². The molecule has 0 radical (unpaired) electrons.